The van der Waals surface area contributed by atoms with Crippen LogP contribution in [0.2, 0.25) is 0 Å². The van der Waals surface area contributed by atoms with Gasteiger partial charge in [0.15, 0.2) is 0 Å². The van der Waals surface area contributed by atoms with E-state index in [1.807, 2.05) is 13.0 Å². The van der Waals surface area contributed by atoms with E-state index in [0.29, 0.717) is 5.65 Å². The first-order valence-corrected chi connectivity index (χ1v) is 4.76. The number of H-pyrrole nitrogens is 1. The Kier molecular flexibility index (Phi) is 2.44. The lowest BCUT2D eigenvalue weighted by atomic mass is 10.1. The number of nitrogens with one attached hydrogen (secondary N) is 1. The van der Waals surface area contributed by atoms with Crippen LogP contribution in [0.15, 0.2) is 23.1 Å². The third kappa shape index (κ3) is 1.93. The molecule has 0 aliphatic carbocycles. The van der Waals surface area contributed by atoms with Gasteiger partial charge in [0.05, 0.1) is 6.42 Å². The van der Waals surface area contributed by atoms with Crippen LogP contribution in [0.4, 0.5) is 0 Å². The lowest BCUT2D eigenvalue weighted by Gasteiger charge is -2.01. The van der Waals surface area contributed by atoms with Gasteiger partial charge in [0.2, 0.25) is 0 Å². The number of aryl methyl sites for hydroxylation is 1. The van der Waals surface area contributed by atoms with Crippen molar-refractivity contribution in [1.29, 1.82) is 0 Å². The van der Waals surface area contributed by atoms with E-state index < -0.39 is 11.5 Å². The molecule has 0 atom stereocenters. The number of carbonyl (C=O) groups is 1. The number of hydrogen-bond acceptors (Lipinski definition) is 3. The minimum atomic E-state index is -1.02. The van der Waals surface area contributed by atoms with Gasteiger partial charge < -0.3 is 10.1 Å². The topological polar surface area (TPSA) is 83.0 Å². The van der Waals surface area contributed by atoms with E-state index in [2.05, 4.69) is 9.97 Å². The molecule has 0 aliphatic heterocycles. The van der Waals surface area contributed by atoms with Crippen LogP contribution in [-0.4, -0.2) is 21.0 Å². The van der Waals surface area contributed by atoms with Crippen LogP contribution in [0.3, 0.4) is 0 Å². The standard InChI is InChI=1S/C11H10N2O3/c1-6-2-7-3-8(4-9(14)15)11(16)13-10(7)12-5-6/h2-3,5H,4H2,1H3,(H,14,15)(H,12,13,16). The molecule has 0 fully saturated rings. The van der Waals surface area contributed by atoms with E-state index in [1.54, 1.807) is 12.3 Å². The summed E-state index contributed by atoms with van der Waals surface area (Å²) in [5.74, 6) is -1.02. The predicted molar refractivity (Wildman–Crippen MR) is 58.4 cm³/mol. The molecule has 2 aromatic rings. The molecule has 16 heavy (non-hydrogen) atoms. The molecular weight excluding hydrogens is 208 g/mol. The van der Waals surface area contributed by atoms with E-state index in [9.17, 15) is 9.59 Å². The summed E-state index contributed by atoms with van der Waals surface area (Å²) >= 11 is 0. The molecule has 5 heteroatoms. The minimum absolute atomic E-state index is 0.243. The van der Waals surface area contributed by atoms with Crippen molar-refractivity contribution in [2.24, 2.45) is 0 Å². The van der Waals surface area contributed by atoms with E-state index in [-0.39, 0.29) is 12.0 Å². The highest BCUT2D eigenvalue weighted by atomic mass is 16.4. The molecule has 2 aromatic heterocycles. The Morgan fingerprint density at radius 2 is 2.25 bits per heavy atom. The number of aromatic amines is 1. The quantitative estimate of drug-likeness (QED) is 0.783. The third-order valence-corrected chi connectivity index (χ3v) is 2.25. The van der Waals surface area contributed by atoms with Gasteiger partial charge in [0.25, 0.3) is 5.56 Å². The predicted octanol–water partition coefficient (Wildman–Crippen LogP) is 0.859. The maximum atomic E-state index is 11.5. The van der Waals surface area contributed by atoms with Gasteiger partial charge in [0.1, 0.15) is 5.65 Å². The number of nitrogens with zero attached hydrogens (tertiary/aromatic N) is 1. The van der Waals surface area contributed by atoms with Crippen LogP contribution in [-0.2, 0) is 11.2 Å². The Labute approximate surface area is 90.8 Å². The van der Waals surface area contributed by atoms with Crippen LogP contribution < -0.4 is 5.56 Å². The second-order valence-electron chi connectivity index (χ2n) is 3.64. The second kappa shape index (κ2) is 3.77. The van der Waals surface area contributed by atoms with Crippen molar-refractivity contribution in [2.45, 2.75) is 13.3 Å². The van der Waals surface area contributed by atoms with Crippen LogP contribution in [0.25, 0.3) is 11.0 Å². The zero-order chi connectivity index (χ0) is 11.7. The summed E-state index contributed by atoms with van der Waals surface area (Å²) in [5.41, 5.74) is 1.28. The molecule has 5 nitrogen and oxygen atoms in total. The fraction of sp³-hybridized carbons (Fsp3) is 0.182. The van der Waals surface area contributed by atoms with Crippen LogP contribution >= 0.6 is 0 Å². The number of aliphatic carboxylic acids is 1. The molecule has 0 radical (unpaired) electrons. The average molecular weight is 218 g/mol. The SMILES string of the molecule is Cc1cnc2[nH]c(=O)c(CC(=O)O)cc2c1. The summed E-state index contributed by atoms with van der Waals surface area (Å²) in [4.78, 5) is 28.7. The normalized spacial score (nSPS) is 10.6. The maximum Gasteiger partial charge on any atom is 0.308 e. The number of carboxylic acids is 1. The summed E-state index contributed by atoms with van der Waals surface area (Å²) < 4.78 is 0. The smallest absolute Gasteiger partial charge is 0.308 e. The zero-order valence-electron chi connectivity index (χ0n) is 8.65. The molecule has 0 spiro atoms. The van der Waals surface area contributed by atoms with Crippen molar-refractivity contribution in [3.63, 3.8) is 0 Å². The summed E-state index contributed by atoms with van der Waals surface area (Å²) in [6, 6.07) is 3.42. The van der Waals surface area contributed by atoms with E-state index in [4.69, 9.17) is 5.11 Å². The molecule has 2 heterocycles. The van der Waals surface area contributed by atoms with Crippen LogP contribution in [0.5, 0.6) is 0 Å². The zero-order valence-corrected chi connectivity index (χ0v) is 8.65. The van der Waals surface area contributed by atoms with Gasteiger partial charge in [-0.1, -0.05) is 0 Å². The molecule has 0 saturated carbocycles. The molecule has 0 aliphatic rings. The Balaban J connectivity index is 2.64. The van der Waals surface area contributed by atoms with Gasteiger partial charge in [-0.2, -0.15) is 0 Å². The molecule has 2 rings (SSSR count). The van der Waals surface area contributed by atoms with Crippen molar-refractivity contribution < 1.29 is 9.90 Å². The number of rotatable bonds is 2. The second-order valence-corrected chi connectivity index (χ2v) is 3.64. The molecule has 82 valence electrons. The Bertz CT molecular complexity index is 616. The largest absolute Gasteiger partial charge is 0.481 e. The summed E-state index contributed by atoms with van der Waals surface area (Å²) in [6.45, 7) is 1.88. The van der Waals surface area contributed by atoms with Gasteiger partial charge in [-0.3, -0.25) is 9.59 Å². The number of aromatic nitrogens is 2. The lowest BCUT2D eigenvalue weighted by Crippen LogP contribution is -2.16. The Morgan fingerprint density at radius 3 is 2.94 bits per heavy atom. The van der Waals surface area contributed by atoms with Crippen LogP contribution in [0.1, 0.15) is 11.1 Å². The Hall–Kier alpha value is -2.17. The van der Waals surface area contributed by atoms with Gasteiger partial charge in [-0.05, 0) is 24.6 Å². The Morgan fingerprint density at radius 1 is 1.50 bits per heavy atom. The third-order valence-electron chi connectivity index (χ3n) is 2.25. The molecule has 0 saturated heterocycles. The van der Waals surface area contributed by atoms with Crippen molar-refractivity contribution >= 4 is 17.0 Å². The molecule has 0 bridgehead atoms. The fourth-order valence-corrected chi connectivity index (χ4v) is 1.54. The highest BCUT2D eigenvalue weighted by Gasteiger charge is 2.07. The highest BCUT2D eigenvalue weighted by Crippen LogP contribution is 2.10. The first-order chi connectivity index (χ1) is 7.56. The maximum absolute atomic E-state index is 11.5. The minimum Gasteiger partial charge on any atom is -0.481 e. The summed E-state index contributed by atoms with van der Waals surface area (Å²) in [5, 5.41) is 9.40. The number of carboxylic acid groups (broad SMARTS) is 1. The highest BCUT2D eigenvalue weighted by molar-refractivity contribution is 5.77. The number of pyridine rings is 2. The molecule has 0 unspecified atom stereocenters. The van der Waals surface area contributed by atoms with Crippen LogP contribution in [0, 0.1) is 6.92 Å². The molecule has 0 aromatic carbocycles. The first-order valence-electron chi connectivity index (χ1n) is 4.76. The van der Waals surface area contributed by atoms with Crippen molar-refractivity contribution in [2.75, 3.05) is 0 Å². The number of fused-ring (bicyclic) bond motifs is 1. The van der Waals surface area contributed by atoms with E-state index in [1.165, 1.54) is 0 Å². The van der Waals surface area contributed by atoms with Gasteiger partial charge in [0, 0.05) is 17.1 Å². The molecule has 0 amide bonds. The number of hydrogen-bond donors (Lipinski definition) is 2. The van der Waals surface area contributed by atoms with E-state index in [0.717, 1.165) is 10.9 Å². The summed E-state index contributed by atoms with van der Waals surface area (Å²) in [6.07, 6.45) is 1.37. The van der Waals surface area contributed by atoms with Crippen molar-refractivity contribution in [3.8, 4) is 0 Å². The van der Waals surface area contributed by atoms with Gasteiger partial charge in [-0.25, -0.2) is 4.98 Å². The van der Waals surface area contributed by atoms with Gasteiger partial charge in [-0.15, -0.1) is 0 Å². The molecule has 2 N–H and O–H groups in total. The molecular formula is C11H10N2O3. The summed E-state index contributed by atoms with van der Waals surface area (Å²) in [7, 11) is 0. The van der Waals surface area contributed by atoms with Gasteiger partial charge >= 0.3 is 5.97 Å². The fourth-order valence-electron chi connectivity index (χ4n) is 1.54. The average Bonchev–Trinajstić information content (AvgIpc) is 2.19. The monoisotopic (exact) mass is 218 g/mol. The van der Waals surface area contributed by atoms with Crippen molar-refractivity contribution in [3.05, 3.63) is 39.8 Å². The first kappa shape index (κ1) is 10.4. The van der Waals surface area contributed by atoms with E-state index >= 15 is 0 Å². The van der Waals surface area contributed by atoms with Crippen molar-refractivity contribution in [1.82, 2.24) is 9.97 Å². The lowest BCUT2D eigenvalue weighted by molar-refractivity contribution is -0.136.